The molecule has 4 nitrogen and oxygen atoms in total. The maximum atomic E-state index is 5.41. The van der Waals surface area contributed by atoms with Crippen LogP contribution in [0.25, 0.3) is 0 Å². The van der Waals surface area contributed by atoms with Crippen molar-refractivity contribution in [3.8, 4) is 0 Å². The molecule has 1 saturated heterocycles. The lowest BCUT2D eigenvalue weighted by Crippen LogP contribution is -2.29. The zero-order valence-corrected chi connectivity index (χ0v) is 12.1. The number of hydrogen-bond donors (Lipinski definition) is 1. The summed E-state index contributed by atoms with van der Waals surface area (Å²) in [7, 11) is 2.15. The maximum absolute atomic E-state index is 5.41. The number of rotatable bonds is 6. The van der Waals surface area contributed by atoms with Gasteiger partial charge >= 0.3 is 0 Å². The fourth-order valence-electron chi connectivity index (χ4n) is 2.42. The molecule has 0 radical (unpaired) electrons. The lowest BCUT2D eigenvalue weighted by molar-refractivity contribution is 0.0685. The first kappa shape index (κ1) is 14.1. The van der Waals surface area contributed by atoms with Crippen LogP contribution in [-0.2, 0) is 4.74 Å². The van der Waals surface area contributed by atoms with Crippen LogP contribution in [0, 0.1) is 5.92 Å². The molecule has 1 aromatic rings. The Labute approximate surface area is 116 Å². The zero-order valence-electron chi connectivity index (χ0n) is 12.1. The van der Waals surface area contributed by atoms with Crippen molar-refractivity contribution in [3.63, 3.8) is 0 Å². The third kappa shape index (κ3) is 4.39. The topological polar surface area (TPSA) is 37.4 Å². The fraction of sp³-hybridized carbons (Fsp3) is 0.667. The molecule has 0 saturated carbocycles. The first-order valence-electron chi connectivity index (χ1n) is 7.27. The smallest absolute Gasteiger partial charge is 0.0570 e. The van der Waals surface area contributed by atoms with Gasteiger partial charge in [-0.05, 0) is 31.2 Å². The van der Waals surface area contributed by atoms with Crippen molar-refractivity contribution >= 4 is 11.4 Å². The Morgan fingerprint density at radius 1 is 1.37 bits per heavy atom. The fourth-order valence-corrected chi connectivity index (χ4v) is 2.42. The van der Waals surface area contributed by atoms with Gasteiger partial charge in [0.05, 0.1) is 23.8 Å². The highest BCUT2D eigenvalue weighted by molar-refractivity contribution is 5.55. The maximum Gasteiger partial charge on any atom is 0.0570 e. The Bertz CT molecular complexity index is 377. The highest BCUT2D eigenvalue weighted by atomic mass is 16.5. The summed E-state index contributed by atoms with van der Waals surface area (Å²) in [5.74, 6) is 0.742. The van der Waals surface area contributed by atoms with Crippen LogP contribution >= 0.6 is 0 Å². The number of nitrogens with one attached hydrogen (secondary N) is 1. The molecule has 0 amide bonds. The average molecular weight is 263 g/mol. The Kier molecular flexibility index (Phi) is 5.45. The van der Waals surface area contributed by atoms with Crippen molar-refractivity contribution in [2.45, 2.75) is 26.2 Å². The summed E-state index contributed by atoms with van der Waals surface area (Å²) in [5, 5.41) is 3.38. The van der Waals surface area contributed by atoms with E-state index in [2.05, 4.69) is 35.2 Å². The Morgan fingerprint density at radius 2 is 2.16 bits per heavy atom. The van der Waals surface area contributed by atoms with E-state index in [0.717, 1.165) is 44.3 Å². The first-order chi connectivity index (χ1) is 9.29. The van der Waals surface area contributed by atoms with Gasteiger partial charge in [0.2, 0.25) is 0 Å². The van der Waals surface area contributed by atoms with Gasteiger partial charge in [-0.15, -0.1) is 0 Å². The molecule has 0 aliphatic carbocycles. The van der Waals surface area contributed by atoms with Crippen molar-refractivity contribution in [3.05, 3.63) is 18.5 Å². The monoisotopic (exact) mass is 263 g/mol. The quantitative estimate of drug-likeness (QED) is 0.856. The van der Waals surface area contributed by atoms with Crippen LogP contribution in [0.2, 0.25) is 0 Å². The van der Waals surface area contributed by atoms with Crippen LogP contribution in [0.15, 0.2) is 18.5 Å². The van der Waals surface area contributed by atoms with Gasteiger partial charge in [-0.3, -0.25) is 4.98 Å². The molecule has 1 aliphatic heterocycles. The van der Waals surface area contributed by atoms with Gasteiger partial charge in [0.25, 0.3) is 0 Å². The molecule has 4 heteroatoms. The van der Waals surface area contributed by atoms with E-state index in [9.17, 15) is 0 Å². The van der Waals surface area contributed by atoms with Crippen molar-refractivity contribution < 1.29 is 4.74 Å². The predicted octanol–water partition coefficient (Wildman–Crippen LogP) is 2.77. The highest BCUT2D eigenvalue weighted by Crippen LogP contribution is 2.21. The molecule has 0 aromatic carbocycles. The Balaban J connectivity index is 1.91. The molecule has 0 atom stereocenters. The molecule has 1 aromatic heterocycles. The van der Waals surface area contributed by atoms with Crippen LogP contribution in [-0.4, -0.2) is 38.3 Å². The number of anilines is 2. The number of hydrogen-bond acceptors (Lipinski definition) is 4. The minimum absolute atomic E-state index is 0.742. The van der Waals surface area contributed by atoms with Crippen LogP contribution in [0.4, 0.5) is 11.4 Å². The van der Waals surface area contributed by atoms with E-state index in [0.29, 0.717) is 0 Å². The normalized spacial score (nSPS) is 16.3. The van der Waals surface area contributed by atoms with Crippen LogP contribution in [0.1, 0.15) is 26.2 Å². The van der Waals surface area contributed by atoms with E-state index in [4.69, 9.17) is 4.74 Å². The molecule has 0 bridgehead atoms. The summed E-state index contributed by atoms with van der Waals surface area (Å²) in [6.07, 6.45) is 7.30. The highest BCUT2D eigenvalue weighted by Gasteiger charge is 2.16. The van der Waals surface area contributed by atoms with E-state index in [1.165, 1.54) is 18.5 Å². The third-order valence-corrected chi connectivity index (χ3v) is 3.62. The first-order valence-corrected chi connectivity index (χ1v) is 7.27. The molecule has 2 heterocycles. The van der Waals surface area contributed by atoms with E-state index in [1.807, 2.05) is 12.4 Å². The number of nitrogens with zero attached hydrogens (tertiary/aromatic N) is 2. The molecule has 1 N–H and O–H groups in total. The second-order valence-electron chi connectivity index (χ2n) is 5.29. The summed E-state index contributed by atoms with van der Waals surface area (Å²) in [6, 6.07) is 2.18. The van der Waals surface area contributed by atoms with Crippen molar-refractivity contribution in [1.82, 2.24) is 4.98 Å². The van der Waals surface area contributed by atoms with Gasteiger partial charge in [0.1, 0.15) is 0 Å². The summed E-state index contributed by atoms with van der Waals surface area (Å²) in [4.78, 5) is 6.63. The molecule has 0 spiro atoms. The second-order valence-corrected chi connectivity index (χ2v) is 5.29. The minimum atomic E-state index is 0.742. The van der Waals surface area contributed by atoms with E-state index >= 15 is 0 Å². The van der Waals surface area contributed by atoms with Crippen molar-refractivity contribution in [2.75, 3.05) is 43.6 Å². The van der Waals surface area contributed by atoms with Crippen LogP contribution < -0.4 is 10.2 Å². The molecular weight excluding hydrogens is 238 g/mol. The Hall–Kier alpha value is -1.29. The van der Waals surface area contributed by atoms with E-state index in [1.54, 1.807) is 0 Å². The summed E-state index contributed by atoms with van der Waals surface area (Å²) in [5.41, 5.74) is 2.30. The third-order valence-electron chi connectivity index (χ3n) is 3.62. The molecule has 0 unspecified atom stereocenters. The number of aromatic nitrogens is 1. The number of ether oxygens (including phenoxy) is 1. The molecule has 2 rings (SSSR count). The largest absolute Gasteiger partial charge is 0.384 e. The van der Waals surface area contributed by atoms with Gasteiger partial charge in [-0.25, -0.2) is 0 Å². The molecule has 106 valence electrons. The lowest BCUT2D eigenvalue weighted by atomic mass is 10.00. The standard InChI is InChI=1S/C15H25N3O/c1-3-6-17-14-9-15(11-16-10-14)18(2)12-13-4-7-19-8-5-13/h9-11,13,17H,3-8,12H2,1-2H3. The summed E-state index contributed by atoms with van der Waals surface area (Å²) in [6.45, 7) is 6.07. The second kappa shape index (κ2) is 7.34. The summed E-state index contributed by atoms with van der Waals surface area (Å²) < 4.78 is 5.41. The van der Waals surface area contributed by atoms with Gasteiger partial charge in [0.15, 0.2) is 0 Å². The van der Waals surface area contributed by atoms with Crippen LogP contribution in [0.3, 0.4) is 0 Å². The van der Waals surface area contributed by atoms with Crippen LogP contribution in [0.5, 0.6) is 0 Å². The predicted molar refractivity (Wildman–Crippen MR) is 79.8 cm³/mol. The Morgan fingerprint density at radius 3 is 2.89 bits per heavy atom. The molecule has 1 aliphatic rings. The van der Waals surface area contributed by atoms with Gasteiger partial charge in [-0.1, -0.05) is 6.92 Å². The van der Waals surface area contributed by atoms with Crippen molar-refractivity contribution in [2.24, 2.45) is 5.92 Å². The van der Waals surface area contributed by atoms with Gasteiger partial charge in [0, 0.05) is 33.4 Å². The lowest BCUT2D eigenvalue weighted by Gasteiger charge is -2.28. The molecular formula is C15H25N3O. The molecule has 19 heavy (non-hydrogen) atoms. The van der Waals surface area contributed by atoms with E-state index < -0.39 is 0 Å². The van der Waals surface area contributed by atoms with Crippen molar-refractivity contribution in [1.29, 1.82) is 0 Å². The minimum Gasteiger partial charge on any atom is -0.384 e. The SMILES string of the molecule is CCCNc1cncc(N(C)CC2CCOCC2)c1. The summed E-state index contributed by atoms with van der Waals surface area (Å²) >= 11 is 0. The zero-order chi connectivity index (χ0) is 13.5. The molecule has 1 fully saturated rings. The van der Waals surface area contributed by atoms with E-state index in [-0.39, 0.29) is 0 Å². The average Bonchev–Trinajstić information content (AvgIpc) is 2.46. The van der Waals surface area contributed by atoms with Gasteiger partial charge in [-0.2, -0.15) is 0 Å². The van der Waals surface area contributed by atoms with Gasteiger partial charge < -0.3 is 15.0 Å². The number of pyridine rings is 1.